The Morgan fingerprint density at radius 1 is 1.43 bits per heavy atom. The molecule has 0 radical (unpaired) electrons. The van der Waals surface area contributed by atoms with Crippen molar-refractivity contribution in [2.75, 3.05) is 20.8 Å². The van der Waals surface area contributed by atoms with Crippen LogP contribution in [-0.2, 0) is 17.8 Å². The smallest absolute Gasteiger partial charge is 0.165 e. The summed E-state index contributed by atoms with van der Waals surface area (Å²) in [4.78, 5) is 0. The summed E-state index contributed by atoms with van der Waals surface area (Å²) < 4.78 is 6.79. The third-order valence-corrected chi connectivity index (χ3v) is 1.91. The molecule has 0 saturated carbocycles. The zero-order valence-electron chi connectivity index (χ0n) is 8.73. The highest BCUT2D eigenvalue weighted by Crippen LogP contribution is 1.97. The molecule has 1 aromatic heterocycles. The lowest BCUT2D eigenvalue weighted by atomic mass is 10.3. The van der Waals surface area contributed by atoms with Crippen molar-refractivity contribution < 1.29 is 4.74 Å². The molecular weight excluding hydrogens is 182 g/mol. The van der Waals surface area contributed by atoms with Gasteiger partial charge in [0.25, 0.3) is 0 Å². The molecule has 0 fully saturated rings. The molecule has 1 aromatic rings. The first-order valence-electron chi connectivity index (χ1n) is 4.77. The molecule has 80 valence electrons. The maximum atomic E-state index is 4.97. The summed E-state index contributed by atoms with van der Waals surface area (Å²) in [5, 5.41) is 14.5. The Morgan fingerprint density at radius 2 is 2.29 bits per heavy atom. The van der Waals surface area contributed by atoms with Gasteiger partial charge in [0.15, 0.2) is 5.82 Å². The molecule has 1 N–H and O–H groups in total. The van der Waals surface area contributed by atoms with Crippen molar-refractivity contribution in [2.24, 2.45) is 0 Å². The van der Waals surface area contributed by atoms with E-state index in [0.717, 1.165) is 31.8 Å². The number of hydrogen-bond donors (Lipinski definition) is 1. The molecule has 0 aliphatic rings. The number of ether oxygens (including phenoxy) is 1. The molecule has 0 spiro atoms. The van der Waals surface area contributed by atoms with E-state index >= 15 is 0 Å². The first-order chi connectivity index (χ1) is 6.88. The summed E-state index contributed by atoms with van der Waals surface area (Å²) in [5.74, 6) is 0.880. The van der Waals surface area contributed by atoms with Crippen LogP contribution < -0.4 is 5.32 Å². The molecule has 0 saturated heterocycles. The van der Waals surface area contributed by atoms with Gasteiger partial charge in [-0.3, -0.25) is 0 Å². The maximum absolute atomic E-state index is 4.97. The van der Waals surface area contributed by atoms with Crippen molar-refractivity contribution in [2.45, 2.75) is 25.9 Å². The van der Waals surface area contributed by atoms with E-state index in [4.69, 9.17) is 4.74 Å². The number of nitrogens with zero attached hydrogens (tertiary/aromatic N) is 4. The van der Waals surface area contributed by atoms with Gasteiger partial charge in [0.1, 0.15) is 0 Å². The second-order valence-corrected chi connectivity index (χ2v) is 3.05. The summed E-state index contributed by atoms with van der Waals surface area (Å²) in [6.45, 7) is 2.36. The lowest BCUT2D eigenvalue weighted by Gasteiger charge is -2.03. The molecule has 6 heteroatoms. The number of tetrazole rings is 1. The number of nitrogens with one attached hydrogen (secondary N) is 1. The van der Waals surface area contributed by atoms with E-state index in [2.05, 4.69) is 20.8 Å². The van der Waals surface area contributed by atoms with Gasteiger partial charge in [0.05, 0.1) is 6.54 Å². The molecule has 0 aromatic carbocycles. The van der Waals surface area contributed by atoms with Crippen LogP contribution in [0.25, 0.3) is 0 Å². The van der Waals surface area contributed by atoms with Gasteiger partial charge in [-0.2, -0.15) is 0 Å². The molecule has 0 atom stereocenters. The Kier molecular flexibility index (Phi) is 5.09. The highest BCUT2D eigenvalue weighted by Gasteiger charge is 2.03. The molecule has 1 rings (SSSR count). The Balaban J connectivity index is 2.30. The lowest BCUT2D eigenvalue weighted by Crippen LogP contribution is -2.13. The molecule has 0 bridgehead atoms. The van der Waals surface area contributed by atoms with Crippen molar-refractivity contribution in [3.05, 3.63) is 5.82 Å². The van der Waals surface area contributed by atoms with Crippen molar-refractivity contribution >= 4 is 0 Å². The van der Waals surface area contributed by atoms with Gasteiger partial charge in [-0.1, -0.05) is 0 Å². The van der Waals surface area contributed by atoms with Crippen LogP contribution in [0.2, 0.25) is 0 Å². The van der Waals surface area contributed by atoms with Crippen molar-refractivity contribution in [1.29, 1.82) is 0 Å². The quantitative estimate of drug-likeness (QED) is 0.617. The Morgan fingerprint density at radius 3 is 3.00 bits per heavy atom. The van der Waals surface area contributed by atoms with Crippen molar-refractivity contribution in [1.82, 2.24) is 25.5 Å². The Labute approximate surface area is 83.6 Å². The maximum Gasteiger partial charge on any atom is 0.165 e. The zero-order valence-corrected chi connectivity index (χ0v) is 8.73. The van der Waals surface area contributed by atoms with Gasteiger partial charge in [0, 0.05) is 20.3 Å². The van der Waals surface area contributed by atoms with Crippen LogP contribution in [0.3, 0.4) is 0 Å². The van der Waals surface area contributed by atoms with Crippen LogP contribution in [-0.4, -0.2) is 41.0 Å². The third kappa shape index (κ3) is 3.39. The van der Waals surface area contributed by atoms with E-state index in [1.165, 1.54) is 0 Å². The molecule has 0 unspecified atom stereocenters. The number of methoxy groups -OCH3 is 1. The Bertz CT molecular complexity index is 250. The molecule has 6 nitrogen and oxygen atoms in total. The second-order valence-electron chi connectivity index (χ2n) is 3.05. The molecule has 14 heavy (non-hydrogen) atoms. The van der Waals surface area contributed by atoms with E-state index in [1.54, 1.807) is 7.11 Å². The Hall–Kier alpha value is -1.01. The van der Waals surface area contributed by atoms with Crippen LogP contribution in [0.5, 0.6) is 0 Å². The van der Waals surface area contributed by atoms with E-state index < -0.39 is 0 Å². The molecule has 1 heterocycles. The summed E-state index contributed by atoms with van der Waals surface area (Å²) in [7, 11) is 3.59. The number of rotatable bonds is 7. The van der Waals surface area contributed by atoms with Gasteiger partial charge in [-0.05, 0) is 30.3 Å². The van der Waals surface area contributed by atoms with E-state index in [1.807, 2.05) is 11.7 Å². The number of hydrogen-bond acceptors (Lipinski definition) is 5. The minimum atomic E-state index is 0.706. The average Bonchev–Trinajstić information content (AvgIpc) is 2.61. The minimum Gasteiger partial charge on any atom is -0.385 e. The van der Waals surface area contributed by atoms with Gasteiger partial charge >= 0.3 is 0 Å². The number of aromatic nitrogens is 4. The number of aryl methyl sites for hydroxylation is 1. The molecular formula is C8H17N5O. The number of unbranched alkanes of at least 4 members (excludes halogenated alkanes) is 1. The van der Waals surface area contributed by atoms with E-state index in [9.17, 15) is 0 Å². The van der Waals surface area contributed by atoms with Gasteiger partial charge < -0.3 is 10.1 Å². The summed E-state index contributed by atoms with van der Waals surface area (Å²) in [5.41, 5.74) is 0. The van der Waals surface area contributed by atoms with Crippen LogP contribution in [0, 0.1) is 0 Å². The van der Waals surface area contributed by atoms with Crippen LogP contribution in [0.1, 0.15) is 18.7 Å². The predicted octanol–water partition coefficient (Wildman–Crippen LogP) is -0.181. The minimum absolute atomic E-state index is 0.706. The topological polar surface area (TPSA) is 64.9 Å². The summed E-state index contributed by atoms with van der Waals surface area (Å²) >= 11 is 0. The predicted molar refractivity (Wildman–Crippen MR) is 51.7 cm³/mol. The van der Waals surface area contributed by atoms with Gasteiger partial charge in [0.2, 0.25) is 0 Å². The SMILES string of the molecule is CNCc1nnnn1CCCCOC. The fourth-order valence-electron chi connectivity index (χ4n) is 1.19. The molecule has 0 aliphatic carbocycles. The summed E-state index contributed by atoms with van der Waals surface area (Å²) in [6, 6.07) is 0. The van der Waals surface area contributed by atoms with Crippen molar-refractivity contribution in [3.63, 3.8) is 0 Å². The highest BCUT2D eigenvalue weighted by atomic mass is 16.5. The normalized spacial score (nSPS) is 10.7. The average molecular weight is 199 g/mol. The monoisotopic (exact) mass is 199 g/mol. The van der Waals surface area contributed by atoms with Crippen LogP contribution >= 0.6 is 0 Å². The standard InChI is InChI=1S/C8H17N5O/c1-9-7-8-10-11-12-13(8)5-3-4-6-14-2/h9H,3-7H2,1-2H3. The lowest BCUT2D eigenvalue weighted by molar-refractivity contribution is 0.190. The van der Waals surface area contributed by atoms with E-state index in [-0.39, 0.29) is 0 Å². The first-order valence-corrected chi connectivity index (χ1v) is 4.77. The summed E-state index contributed by atoms with van der Waals surface area (Å²) in [6.07, 6.45) is 2.07. The second kappa shape index (κ2) is 6.44. The van der Waals surface area contributed by atoms with Crippen LogP contribution in [0.4, 0.5) is 0 Å². The fraction of sp³-hybridized carbons (Fsp3) is 0.875. The largest absolute Gasteiger partial charge is 0.385 e. The highest BCUT2D eigenvalue weighted by molar-refractivity contribution is 4.78. The molecule has 0 amide bonds. The first kappa shape index (κ1) is 11.1. The third-order valence-electron chi connectivity index (χ3n) is 1.91. The zero-order chi connectivity index (χ0) is 10.2. The van der Waals surface area contributed by atoms with E-state index in [0.29, 0.717) is 6.54 Å². The van der Waals surface area contributed by atoms with Gasteiger partial charge in [-0.25, -0.2) is 4.68 Å². The van der Waals surface area contributed by atoms with Gasteiger partial charge in [-0.15, -0.1) is 5.10 Å². The van der Waals surface area contributed by atoms with Crippen molar-refractivity contribution in [3.8, 4) is 0 Å². The molecule has 0 aliphatic heterocycles. The fourth-order valence-corrected chi connectivity index (χ4v) is 1.19. The van der Waals surface area contributed by atoms with Crippen LogP contribution in [0.15, 0.2) is 0 Å².